The predicted octanol–water partition coefficient (Wildman–Crippen LogP) is 4.33. The Morgan fingerprint density at radius 2 is 2.09 bits per heavy atom. The fourth-order valence-electron chi connectivity index (χ4n) is 5.04. The second-order valence-electron chi connectivity index (χ2n) is 9.17. The van der Waals surface area contributed by atoms with Gasteiger partial charge >= 0.3 is 0 Å². The number of hydrogen-bond donors (Lipinski definition) is 1. The molecule has 5 rings (SSSR count). The maximum absolute atomic E-state index is 13.4. The smallest absolute Gasteiger partial charge is 0.254 e. The topological polar surface area (TPSA) is 82.6 Å². The zero-order chi connectivity index (χ0) is 24.5. The molecule has 182 valence electrons. The van der Waals surface area contributed by atoms with Gasteiger partial charge in [-0.2, -0.15) is 0 Å². The second-order valence-corrected chi connectivity index (χ2v) is 11.8. The molecule has 0 spiro atoms. The van der Waals surface area contributed by atoms with E-state index >= 15 is 0 Å². The molecule has 3 amide bonds. The molecule has 2 saturated heterocycles. The van der Waals surface area contributed by atoms with Crippen LogP contribution in [0.2, 0.25) is 0 Å². The Bertz CT molecular complexity index is 1190. The number of benzene rings is 1. The number of aryl methyl sites for hydroxylation is 1. The van der Waals surface area contributed by atoms with Gasteiger partial charge in [-0.1, -0.05) is 12.1 Å². The van der Waals surface area contributed by atoms with Crippen molar-refractivity contribution in [2.75, 3.05) is 18.0 Å². The molecule has 0 saturated carbocycles. The van der Waals surface area contributed by atoms with E-state index in [0.717, 1.165) is 33.6 Å². The Kier molecular flexibility index (Phi) is 6.98. The number of halogens is 1. The van der Waals surface area contributed by atoms with E-state index in [2.05, 4.69) is 26.2 Å². The minimum absolute atomic E-state index is 0.00562. The van der Waals surface area contributed by atoms with Gasteiger partial charge in [-0.25, -0.2) is 0 Å². The van der Waals surface area contributed by atoms with Crippen LogP contribution in [0.15, 0.2) is 52.5 Å². The van der Waals surface area contributed by atoms with Crippen molar-refractivity contribution in [1.82, 2.24) is 15.2 Å². The Labute approximate surface area is 217 Å². The summed E-state index contributed by atoms with van der Waals surface area (Å²) >= 11 is 4.92. The first-order valence-electron chi connectivity index (χ1n) is 11.9. The van der Waals surface area contributed by atoms with Crippen LogP contribution < -0.4 is 10.2 Å². The summed E-state index contributed by atoms with van der Waals surface area (Å²) in [6, 6.07) is 11.1. The molecule has 4 heterocycles. The number of thioether (sulfide) groups is 1. The first-order valence-corrected chi connectivity index (χ1v) is 13.5. The number of nitrogens with zero attached hydrogens (tertiary/aromatic N) is 3. The molecule has 3 atom stereocenters. The zero-order valence-corrected chi connectivity index (χ0v) is 21.8. The molecule has 2 aromatic rings. The number of rotatable bonds is 5. The van der Waals surface area contributed by atoms with Crippen LogP contribution >= 0.6 is 27.7 Å². The average molecular weight is 555 g/mol. The molecule has 3 unspecified atom stereocenters. The lowest BCUT2D eigenvalue weighted by molar-refractivity contribution is -0.121. The lowest BCUT2D eigenvalue weighted by atomic mass is 10.0. The van der Waals surface area contributed by atoms with Gasteiger partial charge < -0.3 is 15.1 Å². The largest absolute Gasteiger partial charge is 0.350 e. The van der Waals surface area contributed by atoms with Gasteiger partial charge in [-0.05, 0) is 78.0 Å². The minimum atomic E-state index is -0.222. The number of anilines is 1. The third-order valence-corrected chi connectivity index (χ3v) is 8.77. The molecule has 0 bridgehead atoms. The Morgan fingerprint density at radius 1 is 1.23 bits per heavy atom. The van der Waals surface area contributed by atoms with Crippen LogP contribution in [-0.2, 0) is 9.59 Å². The number of amides is 3. The number of carbonyl (C=O) groups excluding carboxylic acids is 3. The number of carbonyl (C=O) groups is 3. The van der Waals surface area contributed by atoms with Gasteiger partial charge in [0.25, 0.3) is 5.91 Å². The van der Waals surface area contributed by atoms with E-state index in [1.165, 1.54) is 11.8 Å². The Hall–Kier alpha value is -2.65. The van der Waals surface area contributed by atoms with Crippen molar-refractivity contribution in [3.05, 3.63) is 69.3 Å². The summed E-state index contributed by atoms with van der Waals surface area (Å²) < 4.78 is 0.979. The molecule has 9 heteroatoms. The van der Waals surface area contributed by atoms with E-state index in [-0.39, 0.29) is 41.5 Å². The maximum atomic E-state index is 13.4. The molecule has 1 aromatic carbocycles. The highest BCUT2D eigenvalue weighted by Crippen LogP contribution is 2.37. The monoisotopic (exact) mass is 554 g/mol. The van der Waals surface area contributed by atoms with E-state index in [1.54, 1.807) is 11.1 Å². The summed E-state index contributed by atoms with van der Waals surface area (Å²) in [4.78, 5) is 46.8. The van der Waals surface area contributed by atoms with Gasteiger partial charge in [0.1, 0.15) is 0 Å². The number of pyridine rings is 1. The Morgan fingerprint density at radius 3 is 2.80 bits per heavy atom. The third kappa shape index (κ3) is 5.02. The van der Waals surface area contributed by atoms with Crippen molar-refractivity contribution in [2.24, 2.45) is 0 Å². The van der Waals surface area contributed by atoms with Crippen molar-refractivity contribution < 1.29 is 14.4 Å². The van der Waals surface area contributed by atoms with E-state index in [1.807, 2.05) is 54.3 Å². The molecular formula is C26H27BrN4O3S. The quantitative estimate of drug-likeness (QED) is 0.594. The first kappa shape index (κ1) is 24.1. The molecule has 3 aliphatic heterocycles. The molecule has 2 fully saturated rings. The highest BCUT2D eigenvalue weighted by molar-refractivity contribution is 9.14. The van der Waals surface area contributed by atoms with Gasteiger partial charge in [0, 0.05) is 40.8 Å². The van der Waals surface area contributed by atoms with Gasteiger partial charge in [0.15, 0.2) is 0 Å². The third-order valence-electron chi connectivity index (χ3n) is 6.81. The zero-order valence-electron chi connectivity index (χ0n) is 19.4. The molecule has 0 radical (unpaired) electrons. The van der Waals surface area contributed by atoms with E-state index in [0.29, 0.717) is 25.1 Å². The fourth-order valence-corrected chi connectivity index (χ4v) is 6.74. The summed E-state index contributed by atoms with van der Waals surface area (Å²) in [7, 11) is 0. The minimum Gasteiger partial charge on any atom is -0.350 e. The molecule has 35 heavy (non-hydrogen) atoms. The lowest BCUT2D eigenvalue weighted by Crippen LogP contribution is -2.41. The second kappa shape index (κ2) is 10.1. The number of allylic oxidation sites excluding steroid dienone is 1. The number of hydrogen-bond acceptors (Lipinski definition) is 5. The maximum Gasteiger partial charge on any atom is 0.254 e. The summed E-state index contributed by atoms with van der Waals surface area (Å²) in [5.74, 6) is -0.0682. The summed E-state index contributed by atoms with van der Waals surface area (Å²) in [6.45, 7) is 3.04. The first-order chi connectivity index (χ1) is 16.9. The number of likely N-dealkylation sites (tertiary alicyclic amines) is 1. The average Bonchev–Trinajstić information content (AvgIpc) is 3.59. The predicted molar refractivity (Wildman–Crippen MR) is 140 cm³/mol. The van der Waals surface area contributed by atoms with Crippen molar-refractivity contribution in [1.29, 1.82) is 0 Å². The van der Waals surface area contributed by atoms with E-state index < -0.39 is 0 Å². The van der Waals surface area contributed by atoms with Crippen LogP contribution in [0.1, 0.15) is 53.3 Å². The normalized spacial score (nSPS) is 24.1. The number of aromatic nitrogens is 1. The molecule has 0 aliphatic carbocycles. The molecule has 1 N–H and O–H groups in total. The van der Waals surface area contributed by atoms with Crippen LogP contribution in [0.3, 0.4) is 0 Å². The summed E-state index contributed by atoms with van der Waals surface area (Å²) in [6.07, 6.45) is 6.58. The van der Waals surface area contributed by atoms with Crippen LogP contribution in [0.25, 0.3) is 0 Å². The highest BCUT2D eigenvalue weighted by Gasteiger charge is 2.35. The van der Waals surface area contributed by atoms with Crippen LogP contribution in [0, 0.1) is 6.92 Å². The lowest BCUT2D eigenvalue weighted by Gasteiger charge is -2.26. The van der Waals surface area contributed by atoms with Crippen LogP contribution in [-0.4, -0.2) is 52.0 Å². The van der Waals surface area contributed by atoms with Gasteiger partial charge in [-0.15, -0.1) is 11.8 Å². The van der Waals surface area contributed by atoms with Gasteiger partial charge in [-0.3, -0.25) is 19.4 Å². The van der Waals surface area contributed by atoms with Crippen molar-refractivity contribution in [2.45, 2.75) is 49.9 Å². The van der Waals surface area contributed by atoms with Crippen molar-refractivity contribution in [3.63, 3.8) is 0 Å². The highest BCUT2D eigenvalue weighted by atomic mass is 79.9. The van der Waals surface area contributed by atoms with E-state index in [4.69, 9.17) is 0 Å². The SMILES string of the molecule is Cc1cc(N2CC(NC(=O)C3CC=C(Br)S3)CC2=O)ccc1C(=O)N1CCCC1c1ccccn1. The molecule has 1 aromatic heterocycles. The van der Waals surface area contributed by atoms with Gasteiger partial charge in [0.2, 0.25) is 11.8 Å². The molecule has 7 nitrogen and oxygen atoms in total. The fraction of sp³-hybridized carbons (Fsp3) is 0.385. The van der Waals surface area contributed by atoms with Crippen LogP contribution in [0.5, 0.6) is 0 Å². The van der Waals surface area contributed by atoms with Crippen molar-refractivity contribution >= 4 is 51.1 Å². The standard InChI is InChI=1S/C26H27BrN4O3S/c1-16-13-18(31-15-17(14-24(31)32)29-25(33)22-9-10-23(27)35-22)7-8-19(16)26(34)30-12-4-6-21(30)20-5-2-3-11-28-20/h2-3,5,7-8,10-11,13,17,21-22H,4,6,9,12,14-15H2,1H3,(H,29,33). The van der Waals surface area contributed by atoms with E-state index in [9.17, 15) is 14.4 Å². The summed E-state index contributed by atoms with van der Waals surface area (Å²) in [5.41, 5.74) is 3.15. The van der Waals surface area contributed by atoms with Crippen molar-refractivity contribution in [3.8, 4) is 0 Å². The van der Waals surface area contributed by atoms with Gasteiger partial charge in [0.05, 0.1) is 23.0 Å². The Balaban J connectivity index is 1.26. The molecular weight excluding hydrogens is 528 g/mol. The van der Waals surface area contributed by atoms with Crippen LogP contribution in [0.4, 0.5) is 5.69 Å². The number of nitrogens with one attached hydrogen (secondary N) is 1. The molecule has 3 aliphatic rings. The summed E-state index contributed by atoms with van der Waals surface area (Å²) in [5, 5.41) is 2.88.